The molecular formula is C22H22BrNO. The van der Waals surface area contributed by atoms with Gasteiger partial charge in [0.05, 0.1) is 0 Å². The van der Waals surface area contributed by atoms with E-state index in [0.29, 0.717) is 6.61 Å². The molecule has 0 aliphatic heterocycles. The lowest BCUT2D eigenvalue weighted by atomic mass is 10.1. The van der Waals surface area contributed by atoms with Crippen LogP contribution in [-0.2, 0) is 19.7 Å². The van der Waals surface area contributed by atoms with E-state index >= 15 is 0 Å². The van der Waals surface area contributed by atoms with Crippen LogP contribution in [-0.4, -0.2) is 0 Å². The maximum atomic E-state index is 6.10. The molecule has 0 heterocycles. The zero-order valence-electron chi connectivity index (χ0n) is 14.3. The van der Waals surface area contributed by atoms with Crippen molar-refractivity contribution in [3.05, 3.63) is 99.5 Å². The Labute approximate surface area is 158 Å². The normalized spacial score (nSPS) is 10.6. The fraction of sp³-hybridized carbons (Fsp3) is 0.182. The highest BCUT2D eigenvalue weighted by molar-refractivity contribution is 9.10. The summed E-state index contributed by atoms with van der Waals surface area (Å²) >= 11 is 3.56. The first-order valence-electron chi connectivity index (χ1n) is 8.43. The molecule has 0 atom stereocenters. The molecule has 3 heteroatoms. The third-order valence-corrected chi connectivity index (χ3v) is 4.65. The fourth-order valence-electron chi connectivity index (χ4n) is 2.69. The van der Waals surface area contributed by atoms with Crippen LogP contribution >= 0.6 is 15.9 Å². The third-order valence-electron chi connectivity index (χ3n) is 4.15. The number of benzene rings is 3. The van der Waals surface area contributed by atoms with Gasteiger partial charge in [-0.05, 0) is 41.8 Å². The number of aryl methyl sites for hydroxylation is 1. The first kappa shape index (κ1) is 17.7. The van der Waals surface area contributed by atoms with E-state index in [2.05, 4.69) is 82.8 Å². The largest absolute Gasteiger partial charge is 0.489 e. The van der Waals surface area contributed by atoms with Gasteiger partial charge in [-0.1, -0.05) is 70.5 Å². The van der Waals surface area contributed by atoms with Crippen LogP contribution in [0.3, 0.4) is 0 Å². The van der Waals surface area contributed by atoms with Crippen molar-refractivity contribution in [1.82, 2.24) is 5.32 Å². The molecule has 0 bridgehead atoms. The van der Waals surface area contributed by atoms with Crippen LogP contribution in [0.2, 0.25) is 0 Å². The first-order valence-corrected chi connectivity index (χ1v) is 9.22. The second kappa shape index (κ2) is 8.84. The Morgan fingerprint density at radius 1 is 0.840 bits per heavy atom. The standard InChI is InChI=1S/C22H22BrNO/c1-17-7-5-6-10-19(17)16-25-22-12-11-21(23)13-20(22)15-24-14-18-8-3-2-4-9-18/h2-13,24H,14-16H2,1H3. The molecule has 25 heavy (non-hydrogen) atoms. The number of rotatable bonds is 7. The van der Waals surface area contributed by atoms with Gasteiger partial charge in [-0.15, -0.1) is 0 Å². The van der Waals surface area contributed by atoms with E-state index in [1.165, 1.54) is 16.7 Å². The summed E-state index contributed by atoms with van der Waals surface area (Å²) in [5.41, 5.74) is 4.90. The van der Waals surface area contributed by atoms with E-state index in [1.807, 2.05) is 18.2 Å². The van der Waals surface area contributed by atoms with Gasteiger partial charge in [0.25, 0.3) is 0 Å². The zero-order chi connectivity index (χ0) is 17.5. The summed E-state index contributed by atoms with van der Waals surface area (Å²) in [4.78, 5) is 0. The van der Waals surface area contributed by atoms with E-state index in [0.717, 1.165) is 28.9 Å². The average molecular weight is 396 g/mol. The minimum Gasteiger partial charge on any atom is -0.489 e. The summed E-state index contributed by atoms with van der Waals surface area (Å²) in [5.74, 6) is 0.923. The van der Waals surface area contributed by atoms with Gasteiger partial charge in [0, 0.05) is 23.1 Å². The fourth-order valence-corrected chi connectivity index (χ4v) is 3.10. The summed E-state index contributed by atoms with van der Waals surface area (Å²) in [7, 11) is 0. The van der Waals surface area contributed by atoms with Crippen LogP contribution in [0, 0.1) is 6.92 Å². The van der Waals surface area contributed by atoms with Crippen molar-refractivity contribution in [3.8, 4) is 5.75 Å². The van der Waals surface area contributed by atoms with Crippen molar-refractivity contribution in [2.75, 3.05) is 0 Å². The van der Waals surface area contributed by atoms with Crippen molar-refractivity contribution in [2.24, 2.45) is 0 Å². The SMILES string of the molecule is Cc1ccccc1COc1ccc(Br)cc1CNCc1ccccc1. The molecule has 0 fully saturated rings. The third kappa shape index (κ3) is 5.18. The van der Waals surface area contributed by atoms with E-state index in [9.17, 15) is 0 Å². The minimum atomic E-state index is 0.583. The van der Waals surface area contributed by atoms with Gasteiger partial charge in [0.1, 0.15) is 12.4 Å². The molecular weight excluding hydrogens is 374 g/mol. The van der Waals surface area contributed by atoms with Gasteiger partial charge in [0.2, 0.25) is 0 Å². The Hall–Kier alpha value is -2.10. The lowest BCUT2D eigenvalue weighted by Crippen LogP contribution is -2.13. The molecule has 0 radical (unpaired) electrons. The van der Waals surface area contributed by atoms with Gasteiger partial charge in [0.15, 0.2) is 0 Å². The highest BCUT2D eigenvalue weighted by Gasteiger charge is 2.06. The van der Waals surface area contributed by atoms with Crippen molar-refractivity contribution in [1.29, 1.82) is 0 Å². The zero-order valence-corrected chi connectivity index (χ0v) is 15.9. The van der Waals surface area contributed by atoms with Crippen LogP contribution in [0.4, 0.5) is 0 Å². The van der Waals surface area contributed by atoms with Crippen molar-refractivity contribution in [2.45, 2.75) is 26.6 Å². The molecule has 3 rings (SSSR count). The molecule has 0 spiro atoms. The predicted molar refractivity (Wildman–Crippen MR) is 107 cm³/mol. The number of hydrogen-bond donors (Lipinski definition) is 1. The minimum absolute atomic E-state index is 0.583. The number of ether oxygens (including phenoxy) is 1. The first-order chi connectivity index (χ1) is 12.2. The van der Waals surface area contributed by atoms with Gasteiger partial charge in [-0.2, -0.15) is 0 Å². The van der Waals surface area contributed by atoms with E-state index in [-0.39, 0.29) is 0 Å². The van der Waals surface area contributed by atoms with Gasteiger partial charge in [-0.25, -0.2) is 0 Å². The Morgan fingerprint density at radius 3 is 2.40 bits per heavy atom. The number of halogens is 1. The van der Waals surface area contributed by atoms with Gasteiger partial charge >= 0.3 is 0 Å². The summed E-state index contributed by atoms with van der Waals surface area (Å²) < 4.78 is 7.16. The topological polar surface area (TPSA) is 21.3 Å². The maximum Gasteiger partial charge on any atom is 0.124 e. The van der Waals surface area contributed by atoms with E-state index < -0.39 is 0 Å². The van der Waals surface area contributed by atoms with Gasteiger partial charge < -0.3 is 10.1 Å². The molecule has 0 amide bonds. The lowest BCUT2D eigenvalue weighted by Gasteiger charge is -2.14. The molecule has 0 aliphatic rings. The van der Waals surface area contributed by atoms with E-state index in [4.69, 9.17) is 4.74 Å². The summed E-state index contributed by atoms with van der Waals surface area (Å²) in [6, 6.07) is 24.9. The number of hydrogen-bond acceptors (Lipinski definition) is 2. The van der Waals surface area contributed by atoms with Crippen LogP contribution in [0.5, 0.6) is 5.75 Å². The lowest BCUT2D eigenvalue weighted by molar-refractivity contribution is 0.301. The molecule has 0 aliphatic carbocycles. The number of nitrogens with one attached hydrogen (secondary N) is 1. The molecule has 0 aromatic heterocycles. The molecule has 3 aromatic carbocycles. The molecule has 1 N–H and O–H groups in total. The quantitative estimate of drug-likeness (QED) is 0.559. The van der Waals surface area contributed by atoms with Gasteiger partial charge in [-0.3, -0.25) is 0 Å². The second-order valence-electron chi connectivity index (χ2n) is 6.06. The highest BCUT2D eigenvalue weighted by Crippen LogP contribution is 2.24. The Kier molecular flexibility index (Phi) is 6.26. The van der Waals surface area contributed by atoms with Crippen LogP contribution in [0.25, 0.3) is 0 Å². The summed E-state index contributed by atoms with van der Waals surface area (Å²) in [6.45, 7) is 4.30. The molecule has 128 valence electrons. The Balaban J connectivity index is 1.64. The monoisotopic (exact) mass is 395 g/mol. The molecule has 0 unspecified atom stereocenters. The van der Waals surface area contributed by atoms with E-state index in [1.54, 1.807) is 0 Å². The maximum absolute atomic E-state index is 6.10. The van der Waals surface area contributed by atoms with Crippen LogP contribution < -0.4 is 10.1 Å². The predicted octanol–water partition coefficient (Wildman–Crippen LogP) is 5.63. The Morgan fingerprint density at radius 2 is 1.60 bits per heavy atom. The summed E-state index contributed by atoms with van der Waals surface area (Å²) in [6.07, 6.45) is 0. The van der Waals surface area contributed by atoms with Crippen LogP contribution in [0.1, 0.15) is 22.3 Å². The van der Waals surface area contributed by atoms with Crippen molar-refractivity contribution >= 4 is 15.9 Å². The van der Waals surface area contributed by atoms with Crippen molar-refractivity contribution < 1.29 is 4.74 Å². The molecule has 2 nitrogen and oxygen atoms in total. The van der Waals surface area contributed by atoms with Crippen molar-refractivity contribution in [3.63, 3.8) is 0 Å². The average Bonchev–Trinajstić information content (AvgIpc) is 2.63. The molecule has 3 aromatic rings. The molecule has 0 saturated carbocycles. The second-order valence-corrected chi connectivity index (χ2v) is 6.97. The highest BCUT2D eigenvalue weighted by atomic mass is 79.9. The molecule has 0 saturated heterocycles. The summed E-state index contributed by atoms with van der Waals surface area (Å²) in [5, 5.41) is 3.49. The smallest absolute Gasteiger partial charge is 0.124 e. The van der Waals surface area contributed by atoms with Crippen LogP contribution in [0.15, 0.2) is 77.3 Å². The Bertz CT molecular complexity index is 817.